The Kier molecular flexibility index (Phi) is 8.06. The number of nitrogens with one attached hydrogen (secondary N) is 1. The van der Waals surface area contributed by atoms with Gasteiger partial charge in [-0.25, -0.2) is 0 Å². The van der Waals surface area contributed by atoms with E-state index in [2.05, 4.69) is 39.6 Å². The van der Waals surface area contributed by atoms with Gasteiger partial charge in [0.1, 0.15) is 0 Å². The number of aliphatic hydroxyl groups is 2. The minimum atomic E-state index is -0.609. The normalized spacial score (nSPS) is 22.7. The summed E-state index contributed by atoms with van der Waals surface area (Å²) < 4.78 is 0. The fourth-order valence-electron chi connectivity index (χ4n) is 3.80. The third-order valence-corrected chi connectivity index (χ3v) is 5.37. The Labute approximate surface area is 168 Å². The van der Waals surface area contributed by atoms with Crippen LogP contribution in [0.5, 0.6) is 0 Å². The Morgan fingerprint density at radius 2 is 1.93 bits per heavy atom. The summed E-state index contributed by atoms with van der Waals surface area (Å²) in [6, 6.07) is 10.3. The Morgan fingerprint density at radius 1 is 1.18 bits per heavy atom. The molecule has 154 valence electrons. The predicted molar refractivity (Wildman–Crippen MR) is 111 cm³/mol. The van der Waals surface area contributed by atoms with Crippen molar-refractivity contribution in [2.24, 2.45) is 0 Å². The Balaban J connectivity index is 1.61. The second-order valence-electron chi connectivity index (χ2n) is 7.54. The summed E-state index contributed by atoms with van der Waals surface area (Å²) in [4.78, 5) is 10.4. The first-order chi connectivity index (χ1) is 13.7. The molecule has 1 aliphatic heterocycles. The molecule has 1 aromatic rings. The lowest BCUT2D eigenvalue weighted by molar-refractivity contribution is -0.158. The van der Waals surface area contributed by atoms with Crippen LogP contribution in [-0.4, -0.2) is 71.7 Å². The van der Waals surface area contributed by atoms with Crippen LogP contribution in [0.25, 0.3) is 6.08 Å². The van der Waals surface area contributed by atoms with Crippen molar-refractivity contribution in [3.63, 3.8) is 0 Å². The molecule has 0 bridgehead atoms. The molecule has 2 aliphatic rings. The smallest absolute Gasteiger partial charge is 0.164 e. The van der Waals surface area contributed by atoms with Crippen molar-refractivity contribution in [2.75, 3.05) is 39.3 Å². The number of piperazine rings is 1. The van der Waals surface area contributed by atoms with Gasteiger partial charge in [-0.3, -0.25) is 20.1 Å². The van der Waals surface area contributed by atoms with E-state index in [1.165, 1.54) is 11.1 Å². The number of hydroxylamine groups is 1. The van der Waals surface area contributed by atoms with E-state index in [0.717, 1.165) is 51.1 Å². The van der Waals surface area contributed by atoms with Gasteiger partial charge >= 0.3 is 0 Å². The van der Waals surface area contributed by atoms with Crippen molar-refractivity contribution >= 4 is 6.08 Å². The average Bonchev–Trinajstić information content (AvgIpc) is 2.71. The molecule has 3 N–H and O–H groups in total. The zero-order valence-electron chi connectivity index (χ0n) is 16.8. The number of rotatable bonds is 8. The highest BCUT2D eigenvalue weighted by Crippen LogP contribution is 2.25. The molecular weight excluding hydrogens is 354 g/mol. The van der Waals surface area contributed by atoms with Crippen molar-refractivity contribution in [1.82, 2.24) is 15.3 Å². The number of β-amino-alcohol motifs (C(OH)–C–C–N with tert-alkyl or cyclic N) is 1. The monoisotopic (exact) mass is 387 g/mol. The zero-order chi connectivity index (χ0) is 19.8. The van der Waals surface area contributed by atoms with Crippen LogP contribution < -0.4 is 5.48 Å². The third kappa shape index (κ3) is 5.90. The van der Waals surface area contributed by atoms with Gasteiger partial charge in [0.15, 0.2) is 6.23 Å². The van der Waals surface area contributed by atoms with Gasteiger partial charge in [0.25, 0.3) is 0 Å². The SMILES string of the molecule is C[C@@H](O)[C@H](ONC1=CCCCC1=Cc1ccccc1)N1CCN(CCO)CC1. The Morgan fingerprint density at radius 3 is 2.61 bits per heavy atom. The molecule has 1 fully saturated rings. The predicted octanol–water partition coefficient (Wildman–Crippen LogP) is 1.98. The van der Waals surface area contributed by atoms with Gasteiger partial charge in [0.05, 0.1) is 18.4 Å². The molecule has 0 unspecified atom stereocenters. The van der Waals surface area contributed by atoms with Crippen LogP contribution in [-0.2, 0) is 4.84 Å². The van der Waals surface area contributed by atoms with Crippen LogP contribution in [0.4, 0.5) is 0 Å². The molecule has 0 radical (unpaired) electrons. The molecule has 2 atom stereocenters. The van der Waals surface area contributed by atoms with Gasteiger partial charge in [0.2, 0.25) is 0 Å². The summed E-state index contributed by atoms with van der Waals surface area (Å²) in [5.74, 6) is 0. The fraction of sp³-hybridized carbons (Fsp3) is 0.545. The lowest BCUT2D eigenvalue weighted by Gasteiger charge is -2.39. The van der Waals surface area contributed by atoms with E-state index in [0.29, 0.717) is 6.54 Å². The molecule has 0 aromatic heterocycles. The van der Waals surface area contributed by atoms with Crippen LogP contribution >= 0.6 is 0 Å². The van der Waals surface area contributed by atoms with E-state index in [-0.39, 0.29) is 6.61 Å². The molecule has 3 rings (SSSR count). The zero-order valence-corrected chi connectivity index (χ0v) is 16.8. The summed E-state index contributed by atoms with van der Waals surface area (Å²) in [5, 5.41) is 19.4. The van der Waals surface area contributed by atoms with E-state index >= 15 is 0 Å². The lowest BCUT2D eigenvalue weighted by atomic mass is 9.97. The molecule has 28 heavy (non-hydrogen) atoms. The summed E-state index contributed by atoms with van der Waals surface area (Å²) in [5.41, 5.74) is 6.56. The minimum Gasteiger partial charge on any atom is -0.395 e. The quantitative estimate of drug-likeness (QED) is 0.593. The minimum absolute atomic E-state index is 0.183. The van der Waals surface area contributed by atoms with Gasteiger partial charge in [-0.05, 0) is 43.4 Å². The maximum atomic E-state index is 10.3. The van der Waals surface area contributed by atoms with Crippen molar-refractivity contribution in [2.45, 2.75) is 38.5 Å². The number of allylic oxidation sites excluding steroid dienone is 2. The van der Waals surface area contributed by atoms with Crippen molar-refractivity contribution in [1.29, 1.82) is 0 Å². The van der Waals surface area contributed by atoms with Crippen LogP contribution in [0.1, 0.15) is 31.7 Å². The second-order valence-corrected chi connectivity index (χ2v) is 7.54. The maximum Gasteiger partial charge on any atom is 0.164 e. The third-order valence-electron chi connectivity index (χ3n) is 5.37. The summed E-state index contributed by atoms with van der Waals surface area (Å²) in [6.07, 6.45) is 6.53. The first-order valence-corrected chi connectivity index (χ1v) is 10.3. The standard InChI is InChI=1S/C22H33N3O3/c1-18(27)22(25-13-11-24(12-14-25)15-16-26)28-23-21-10-6-5-9-20(21)17-19-7-3-2-4-8-19/h2-4,7-8,10,17-18,22-23,26-27H,5-6,9,11-16H2,1H3/t18-,22+/m1/s1. The van der Waals surface area contributed by atoms with E-state index in [4.69, 9.17) is 9.94 Å². The Hall–Kier alpha value is -1.70. The highest BCUT2D eigenvalue weighted by atomic mass is 16.7. The van der Waals surface area contributed by atoms with Crippen molar-refractivity contribution in [3.8, 4) is 0 Å². The summed E-state index contributed by atoms with van der Waals surface area (Å²) in [7, 11) is 0. The molecule has 1 saturated heterocycles. The average molecular weight is 388 g/mol. The van der Waals surface area contributed by atoms with E-state index in [1.807, 2.05) is 18.2 Å². The topological polar surface area (TPSA) is 68.2 Å². The molecule has 6 nitrogen and oxygen atoms in total. The van der Waals surface area contributed by atoms with Crippen LogP contribution in [0.15, 0.2) is 47.7 Å². The van der Waals surface area contributed by atoms with Gasteiger partial charge in [0, 0.05) is 32.7 Å². The maximum absolute atomic E-state index is 10.3. The molecular formula is C22H33N3O3. The summed E-state index contributed by atoms with van der Waals surface area (Å²) >= 11 is 0. The van der Waals surface area contributed by atoms with Gasteiger partial charge < -0.3 is 10.2 Å². The van der Waals surface area contributed by atoms with Crippen molar-refractivity contribution in [3.05, 3.63) is 53.2 Å². The number of aliphatic hydroxyl groups excluding tert-OH is 2. The molecule has 6 heteroatoms. The first-order valence-electron chi connectivity index (χ1n) is 10.3. The van der Waals surface area contributed by atoms with Gasteiger partial charge in [-0.1, -0.05) is 36.4 Å². The highest BCUT2D eigenvalue weighted by Gasteiger charge is 2.28. The van der Waals surface area contributed by atoms with E-state index in [1.54, 1.807) is 6.92 Å². The molecule has 1 aliphatic carbocycles. The summed E-state index contributed by atoms with van der Waals surface area (Å²) in [6.45, 7) is 6.01. The molecule has 1 heterocycles. The highest BCUT2D eigenvalue weighted by molar-refractivity contribution is 5.58. The fourth-order valence-corrected chi connectivity index (χ4v) is 3.80. The lowest BCUT2D eigenvalue weighted by Crippen LogP contribution is -2.55. The molecule has 0 saturated carbocycles. The largest absolute Gasteiger partial charge is 0.395 e. The Bertz CT molecular complexity index is 652. The first kappa shape index (κ1) is 21.0. The van der Waals surface area contributed by atoms with Crippen LogP contribution in [0, 0.1) is 0 Å². The van der Waals surface area contributed by atoms with Crippen LogP contribution in [0.3, 0.4) is 0 Å². The van der Waals surface area contributed by atoms with Gasteiger partial charge in [-0.2, -0.15) is 0 Å². The second kappa shape index (κ2) is 10.7. The van der Waals surface area contributed by atoms with Gasteiger partial charge in [-0.15, -0.1) is 0 Å². The van der Waals surface area contributed by atoms with Crippen molar-refractivity contribution < 1.29 is 15.1 Å². The number of nitrogens with zero attached hydrogens (tertiary/aromatic N) is 2. The number of benzene rings is 1. The van der Waals surface area contributed by atoms with Crippen LogP contribution in [0.2, 0.25) is 0 Å². The number of hydrogen-bond acceptors (Lipinski definition) is 6. The molecule has 0 amide bonds. The molecule has 0 spiro atoms. The van der Waals surface area contributed by atoms with E-state index in [9.17, 15) is 5.11 Å². The van der Waals surface area contributed by atoms with E-state index < -0.39 is 12.3 Å². The number of hydrogen-bond donors (Lipinski definition) is 3. The molecule has 1 aromatic carbocycles.